The van der Waals surface area contributed by atoms with Crippen LogP contribution in [0.2, 0.25) is 0 Å². The number of ether oxygens (including phenoxy) is 1. The fourth-order valence-electron chi connectivity index (χ4n) is 3.63. The number of guanidine groups is 1. The van der Waals surface area contributed by atoms with Crippen LogP contribution in [0.3, 0.4) is 0 Å². The summed E-state index contributed by atoms with van der Waals surface area (Å²) in [6, 6.07) is 14.6. The zero-order valence-electron chi connectivity index (χ0n) is 18.9. The molecule has 6 heteroatoms. The summed E-state index contributed by atoms with van der Waals surface area (Å²) in [5.74, 6) is 1.95. The Bertz CT molecular complexity index is 893. The van der Waals surface area contributed by atoms with Gasteiger partial charge in [0.1, 0.15) is 5.75 Å². The highest BCUT2D eigenvalue weighted by molar-refractivity contribution is 5.80. The molecular formula is C25H34N4O2. The number of nitrogens with one attached hydrogen (secondary N) is 2. The first-order valence-electron chi connectivity index (χ1n) is 11.2. The molecule has 0 aliphatic carbocycles. The summed E-state index contributed by atoms with van der Waals surface area (Å²) in [4.78, 5) is 18.5. The maximum Gasteiger partial charge on any atom is 0.222 e. The molecule has 1 aliphatic rings. The van der Waals surface area contributed by atoms with Crippen LogP contribution in [0.1, 0.15) is 48.9 Å². The lowest BCUT2D eigenvalue weighted by Gasteiger charge is -2.16. The van der Waals surface area contributed by atoms with E-state index < -0.39 is 0 Å². The van der Waals surface area contributed by atoms with Crippen molar-refractivity contribution in [3.05, 3.63) is 64.7 Å². The fourth-order valence-corrected chi connectivity index (χ4v) is 3.63. The molecule has 0 radical (unpaired) electrons. The summed E-state index contributed by atoms with van der Waals surface area (Å²) in [6.45, 7) is 10.4. The lowest BCUT2D eigenvalue weighted by Crippen LogP contribution is -2.36. The second kappa shape index (κ2) is 11.4. The Morgan fingerprint density at radius 2 is 1.87 bits per heavy atom. The van der Waals surface area contributed by atoms with Crippen LogP contribution in [0.25, 0.3) is 0 Å². The number of likely N-dealkylation sites (tertiary alicyclic amines) is 1. The van der Waals surface area contributed by atoms with Gasteiger partial charge in [0.2, 0.25) is 5.91 Å². The molecular weight excluding hydrogens is 388 g/mol. The predicted molar refractivity (Wildman–Crippen MR) is 125 cm³/mol. The van der Waals surface area contributed by atoms with Gasteiger partial charge in [-0.2, -0.15) is 0 Å². The Kier molecular flexibility index (Phi) is 8.33. The zero-order chi connectivity index (χ0) is 22.1. The molecule has 2 N–H and O–H groups in total. The molecule has 31 heavy (non-hydrogen) atoms. The van der Waals surface area contributed by atoms with Crippen molar-refractivity contribution in [2.75, 3.05) is 19.7 Å². The number of amides is 1. The Balaban J connectivity index is 1.58. The van der Waals surface area contributed by atoms with Gasteiger partial charge < -0.3 is 20.3 Å². The molecule has 0 saturated carbocycles. The van der Waals surface area contributed by atoms with Crippen LogP contribution in [0.5, 0.6) is 5.75 Å². The van der Waals surface area contributed by atoms with E-state index in [-0.39, 0.29) is 5.91 Å². The van der Waals surface area contributed by atoms with E-state index in [1.165, 1.54) is 5.56 Å². The molecule has 1 aliphatic heterocycles. The highest BCUT2D eigenvalue weighted by atomic mass is 16.5. The Labute approximate surface area is 185 Å². The van der Waals surface area contributed by atoms with Crippen molar-refractivity contribution in [3.63, 3.8) is 0 Å². The molecule has 0 unspecified atom stereocenters. The zero-order valence-corrected chi connectivity index (χ0v) is 18.9. The molecule has 2 aromatic carbocycles. The summed E-state index contributed by atoms with van der Waals surface area (Å²) in [5, 5.41) is 6.71. The van der Waals surface area contributed by atoms with Gasteiger partial charge in [0.15, 0.2) is 5.96 Å². The van der Waals surface area contributed by atoms with Gasteiger partial charge in [0, 0.05) is 38.2 Å². The number of aryl methyl sites for hydroxylation is 1. The third-order valence-corrected chi connectivity index (χ3v) is 5.30. The van der Waals surface area contributed by atoms with Gasteiger partial charge in [-0.25, -0.2) is 4.99 Å². The molecule has 0 spiro atoms. The summed E-state index contributed by atoms with van der Waals surface area (Å²) in [5.41, 5.74) is 4.60. The van der Waals surface area contributed by atoms with Crippen molar-refractivity contribution >= 4 is 11.9 Å². The van der Waals surface area contributed by atoms with Crippen LogP contribution in [0.4, 0.5) is 0 Å². The minimum atomic E-state index is 0.260. The number of hydrogen-bond acceptors (Lipinski definition) is 3. The van der Waals surface area contributed by atoms with E-state index >= 15 is 0 Å². The highest BCUT2D eigenvalue weighted by Crippen LogP contribution is 2.20. The smallest absolute Gasteiger partial charge is 0.222 e. The minimum Gasteiger partial charge on any atom is -0.494 e. The van der Waals surface area contributed by atoms with Gasteiger partial charge in [-0.1, -0.05) is 36.4 Å². The predicted octanol–water partition coefficient (Wildman–Crippen LogP) is 3.77. The van der Waals surface area contributed by atoms with Gasteiger partial charge in [-0.05, 0) is 49.9 Å². The third-order valence-electron chi connectivity index (χ3n) is 5.30. The second-order valence-corrected chi connectivity index (χ2v) is 7.83. The van der Waals surface area contributed by atoms with Crippen LogP contribution in [0, 0.1) is 6.92 Å². The van der Waals surface area contributed by atoms with E-state index in [9.17, 15) is 4.79 Å². The maximum atomic E-state index is 11.8. The lowest BCUT2D eigenvalue weighted by atomic mass is 10.1. The minimum absolute atomic E-state index is 0.260. The first-order chi connectivity index (χ1) is 15.1. The number of aliphatic imine (C=N–C) groups is 1. The average molecular weight is 423 g/mol. The number of carbonyl (C=O) groups excluding carboxylic acids is 1. The highest BCUT2D eigenvalue weighted by Gasteiger charge is 2.19. The van der Waals surface area contributed by atoms with E-state index in [0.29, 0.717) is 32.7 Å². The van der Waals surface area contributed by atoms with Crippen LogP contribution >= 0.6 is 0 Å². The lowest BCUT2D eigenvalue weighted by molar-refractivity contribution is -0.128. The van der Waals surface area contributed by atoms with Gasteiger partial charge in [-0.3, -0.25) is 4.79 Å². The molecule has 0 aromatic heterocycles. The van der Waals surface area contributed by atoms with E-state index in [4.69, 9.17) is 9.73 Å². The number of nitrogens with zero attached hydrogens (tertiary/aromatic N) is 2. The molecule has 0 atom stereocenters. The number of benzene rings is 2. The Hall–Kier alpha value is -3.02. The summed E-state index contributed by atoms with van der Waals surface area (Å²) in [6.07, 6.45) is 1.65. The Morgan fingerprint density at radius 1 is 1.10 bits per heavy atom. The quantitative estimate of drug-likeness (QED) is 0.477. The molecule has 1 fully saturated rings. The van der Waals surface area contributed by atoms with E-state index in [1.54, 1.807) is 0 Å². The SMILES string of the molecule is CCNC(=NCc1ccc(CN2CCCC2=O)cc1)NCc1ccc(C)cc1OCC. The van der Waals surface area contributed by atoms with Crippen LogP contribution in [-0.4, -0.2) is 36.5 Å². The molecule has 1 saturated heterocycles. The van der Waals surface area contributed by atoms with Crippen molar-refractivity contribution in [1.29, 1.82) is 0 Å². The number of carbonyl (C=O) groups is 1. The molecule has 0 bridgehead atoms. The monoisotopic (exact) mass is 422 g/mol. The fraction of sp³-hybridized carbons (Fsp3) is 0.440. The summed E-state index contributed by atoms with van der Waals surface area (Å²) < 4.78 is 5.78. The topological polar surface area (TPSA) is 66.0 Å². The summed E-state index contributed by atoms with van der Waals surface area (Å²) in [7, 11) is 0. The van der Waals surface area contributed by atoms with Crippen molar-refractivity contribution in [1.82, 2.24) is 15.5 Å². The molecule has 6 nitrogen and oxygen atoms in total. The largest absolute Gasteiger partial charge is 0.494 e. The molecule has 1 heterocycles. The van der Waals surface area contributed by atoms with Crippen LogP contribution < -0.4 is 15.4 Å². The van der Waals surface area contributed by atoms with Gasteiger partial charge in [0.05, 0.1) is 13.2 Å². The van der Waals surface area contributed by atoms with Gasteiger partial charge in [-0.15, -0.1) is 0 Å². The standard InChI is InChI=1S/C25H34N4O2/c1-4-26-25(28-17-22-13-8-19(3)15-23(22)31-5-2)27-16-20-9-11-21(12-10-20)18-29-14-6-7-24(29)30/h8-13,15H,4-7,14,16-18H2,1-3H3,(H2,26,27,28). The first kappa shape index (κ1) is 22.7. The third kappa shape index (κ3) is 6.74. The van der Waals surface area contributed by atoms with Gasteiger partial charge >= 0.3 is 0 Å². The summed E-state index contributed by atoms with van der Waals surface area (Å²) >= 11 is 0. The molecule has 3 rings (SSSR count). The Morgan fingerprint density at radius 3 is 2.55 bits per heavy atom. The average Bonchev–Trinajstić information content (AvgIpc) is 3.17. The van der Waals surface area contributed by atoms with Crippen LogP contribution in [-0.2, 0) is 24.4 Å². The first-order valence-corrected chi connectivity index (χ1v) is 11.2. The van der Waals surface area contributed by atoms with Crippen molar-refractivity contribution < 1.29 is 9.53 Å². The van der Waals surface area contributed by atoms with Crippen LogP contribution in [0.15, 0.2) is 47.5 Å². The van der Waals surface area contributed by atoms with Crippen molar-refractivity contribution in [2.24, 2.45) is 4.99 Å². The van der Waals surface area contributed by atoms with Crippen molar-refractivity contribution in [3.8, 4) is 5.75 Å². The van der Waals surface area contributed by atoms with Gasteiger partial charge in [0.25, 0.3) is 0 Å². The normalized spacial score (nSPS) is 14.1. The second-order valence-electron chi connectivity index (χ2n) is 7.83. The number of hydrogen-bond donors (Lipinski definition) is 2. The number of rotatable bonds is 9. The molecule has 166 valence electrons. The van der Waals surface area contributed by atoms with E-state index in [2.05, 4.69) is 66.9 Å². The molecule has 1 amide bonds. The maximum absolute atomic E-state index is 11.8. The van der Waals surface area contributed by atoms with Crippen molar-refractivity contribution in [2.45, 2.75) is 53.2 Å². The molecule has 2 aromatic rings. The van der Waals surface area contributed by atoms with E-state index in [1.807, 2.05) is 11.8 Å². The van der Waals surface area contributed by atoms with E-state index in [0.717, 1.165) is 47.9 Å².